The van der Waals surface area contributed by atoms with Crippen molar-refractivity contribution in [1.82, 2.24) is 0 Å². The number of fused-ring (bicyclic) bond motifs is 10. The topological polar surface area (TPSA) is 45.9 Å². The van der Waals surface area contributed by atoms with Gasteiger partial charge in [-0.1, -0.05) is 252 Å². The van der Waals surface area contributed by atoms with Gasteiger partial charge in [0.05, 0.1) is 33.8 Å². The first-order chi connectivity index (χ1) is 42.8. The van der Waals surface area contributed by atoms with Crippen molar-refractivity contribution in [3.8, 4) is 11.1 Å². The average Bonchev–Trinajstić information content (AvgIpc) is 2.60. The summed E-state index contributed by atoms with van der Waals surface area (Å²) in [6, 6.07) is 72.6. The van der Waals surface area contributed by atoms with E-state index < -0.39 is 0 Å². The number of allylic oxidation sites excluding steroid dienone is 11. The summed E-state index contributed by atoms with van der Waals surface area (Å²) in [5, 5.41) is 8.34. The summed E-state index contributed by atoms with van der Waals surface area (Å²) in [4.78, 5) is 4.98. The van der Waals surface area contributed by atoms with Crippen LogP contribution in [0.25, 0.3) is 98.9 Å². The minimum atomic E-state index is -0.245. The van der Waals surface area contributed by atoms with Crippen molar-refractivity contribution in [2.45, 2.75) is 72.6 Å². The minimum Gasteiger partial charge on any atom is -0.454 e. The zero-order valence-electron chi connectivity index (χ0n) is 50.2. The molecule has 5 heteroatoms. The van der Waals surface area contributed by atoms with Crippen LogP contribution in [0.5, 0.6) is 0 Å². The predicted octanol–water partition coefficient (Wildman–Crippen LogP) is 24.1. The first-order valence-corrected chi connectivity index (χ1v) is 31.0. The number of benzene rings is 10. The molecule has 87 heavy (non-hydrogen) atoms. The van der Waals surface area contributed by atoms with E-state index in [4.69, 9.17) is 13.3 Å². The lowest BCUT2D eigenvalue weighted by molar-refractivity contribution is 0.548. The third-order valence-electron chi connectivity index (χ3n) is 18.6. The van der Waals surface area contributed by atoms with E-state index in [1.807, 2.05) is 13.8 Å². The van der Waals surface area contributed by atoms with E-state index in [1.165, 1.54) is 33.4 Å². The number of aryl methyl sites for hydroxylation is 1. The highest BCUT2D eigenvalue weighted by molar-refractivity contribution is 6.29. The zero-order valence-corrected chi connectivity index (χ0v) is 50.2. The van der Waals surface area contributed by atoms with Gasteiger partial charge in [-0.05, 0) is 104 Å². The molecule has 0 aliphatic heterocycles. The molecule has 5 nitrogen and oxygen atoms in total. The van der Waals surface area contributed by atoms with Crippen LogP contribution in [0.3, 0.4) is 0 Å². The largest absolute Gasteiger partial charge is 0.454 e. The van der Waals surface area contributed by atoms with Crippen molar-refractivity contribution in [3.63, 3.8) is 0 Å². The fourth-order valence-corrected chi connectivity index (χ4v) is 14.1. The summed E-state index contributed by atoms with van der Waals surface area (Å²) in [6.07, 6.45) is 22.0. The van der Waals surface area contributed by atoms with Crippen molar-refractivity contribution >= 4 is 116 Å². The van der Waals surface area contributed by atoms with Gasteiger partial charge in [0.15, 0.2) is 16.7 Å². The Kier molecular flexibility index (Phi) is 13.4. The molecule has 0 N–H and O–H groups in total. The average molecular weight is 1130 g/mol. The Morgan fingerprint density at radius 1 is 0.483 bits per heavy atom. The number of para-hydroxylation sites is 6. The fourth-order valence-electron chi connectivity index (χ4n) is 14.1. The maximum atomic E-state index is 7.65. The van der Waals surface area contributed by atoms with E-state index in [9.17, 15) is 0 Å². The van der Waals surface area contributed by atoms with E-state index in [2.05, 4.69) is 286 Å². The standard InChI is InChI=1S/C80H62N2O3.C2H6/c1-50-45-47-54(48-46-50)57-30-13-15-40-67(57)81(69-42-23-38-64-62-36-21-39-66(76(62)85-78(64)69)80(4)49-19-18-25-52(80)3)73-58-31-10-11-32-59(58)74(79-72(73)65-33-14-17-44-71(65)83-79)82(68-41-16-12-29-56(68)53-26-6-5-7-27-53)70-43-22-37-63-61-35-20-34-60(75(61)84-77(63)70)55-28-9-8-24-51(55)2;1-2/h5-11,13-28,30-45,47-48,50H,12,29,46,49H2,1-4H3;1-2H3. The Labute approximate surface area is 508 Å². The van der Waals surface area contributed by atoms with Gasteiger partial charge in [0.1, 0.15) is 16.7 Å². The van der Waals surface area contributed by atoms with E-state index in [1.54, 1.807) is 0 Å². The van der Waals surface area contributed by atoms with Crippen molar-refractivity contribution < 1.29 is 13.3 Å². The molecule has 2 atom stereocenters. The quantitative estimate of drug-likeness (QED) is 0.128. The van der Waals surface area contributed by atoms with Gasteiger partial charge in [-0.25, -0.2) is 0 Å². The van der Waals surface area contributed by atoms with Crippen molar-refractivity contribution in [2.75, 3.05) is 9.80 Å². The van der Waals surface area contributed by atoms with Crippen molar-refractivity contribution in [3.05, 3.63) is 282 Å². The lowest BCUT2D eigenvalue weighted by Gasteiger charge is -2.34. The number of rotatable bonds is 10. The van der Waals surface area contributed by atoms with E-state index >= 15 is 0 Å². The van der Waals surface area contributed by atoms with E-state index in [0.29, 0.717) is 5.92 Å². The second-order valence-electron chi connectivity index (χ2n) is 23.6. The molecule has 0 saturated heterocycles. The summed E-state index contributed by atoms with van der Waals surface area (Å²) in [5.74, 6) is 0.443. The summed E-state index contributed by atoms with van der Waals surface area (Å²) in [7, 11) is 0. The maximum absolute atomic E-state index is 7.65. The van der Waals surface area contributed by atoms with Gasteiger partial charge in [0, 0.05) is 65.5 Å². The number of hydrogen-bond donors (Lipinski definition) is 0. The summed E-state index contributed by atoms with van der Waals surface area (Å²) in [5.41, 5.74) is 21.2. The number of hydrogen-bond acceptors (Lipinski definition) is 5. The molecular weight excluding hydrogens is 1060 g/mol. The van der Waals surface area contributed by atoms with Gasteiger partial charge in [0.25, 0.3) is 0 Å². The minimum absolute atomic E-state index is 0.245. The van der Waals surface area contributed by atoms with Crippen LogP contribution >= 0.6 is 0 Å². The Morgan fingerprint density at radius 3 is 1.80 bits per heavy atom. The summed E-state index contributed by atoms with van der Waals surface area (Å²) < 4.78 is 22.7. The molecule has 3 heterocycles. The van der Waals surface area contributed by atoms with Crippen LogP contribution in [0, 0.1) is 12.8 Å². The molecule has 0 fully saturated rings. The fraction of sp³-hybridized carbons (Fsp3) is 0.146. The summed E-state index contributed by atoms with van der Waals surface area (Å²) in [6.45, 7) is 13.1. The second kappa shape index (κ2) is 21.8. The zero-order chi connectivity index (χ0) is 58.9. The normalized spacial score (nSPS) is 16.8. The van der Waals surface area contributed by atoms with Crippen molar-refractivity contribution in [2.24, 2.45) is 5.92 Å². The van der Waals surface area contributed by atoms with Crippen LogP contribution in [0.2, 0.25) is 0 Å². The van der Waals surface area contributed by atoms with E-state index in [0.717, 1.165) is 153 Å². The van der Waals surface area contributed by atoms with Crippen LogP contribution in [-0.2, 0) is 5.41 Å². The molecule has 16 rings (SSSR count). The molecule has 3 aliphatic carbocycles. The van der Waals surface area contributed by atoms with Gasteiger partial charge in [-0.3, -0.25) is 0 Å². The van der Waals surface area contributed by atoms with Crippen LogP contribution in [0.15, 0.2) is 273 Å². The predicted molar refractivity (Wildman–Crippen MR) is 368 cm³/mol. The van der Waals surface area contributed by atoms with Crippen molar-refractivity contribution in [1.29, 1.82) is 0 Å². The first kappa shape index (κ1) is 53.6. The van der Waals surface area contributed by atoms with Crippen LogP contribution < -0.4 is 9.80 Å². The Bertz CT molecular complexity index is 5090. The molecule has 0 radical (unpaired) electrons. The Balaban J connectivity index is 0.00000316. The molecule has 2 unspecified atom stereocenters. The number of furan rings is 3. The molecule has 0 spiro atoms. The highest BCUT2D eigenvalue weighted by Crippen LogP contribution is 2.57. The molecule has 424 valence electrons. The Morgan fingerprint density at radius 2 is 1.07 bits per heavy atom. The number of nitrogens with zero attached hydrogens (tertiary/aromatic N) is 2. The van der Waals surface area contributed by atoms with Gasteiger partial charge < -0.3 is 23.1 Å². The second-order valence-corrected chi connectivity index (χ2v) is 23.6. The smallest absolute Gasteiger partial charge is 0.162 e. The van der Waals surface area contributed by atoms with Crippen LogP contribution in [-0.4, -0.2) is 0 Å². The third kappa shape index (κ3) is 8.65. The molecular formula is C82H68N2O3. The molecule has 3 aromatic heterocycles. The molecule has 0 amide bonds. The highest BCUT2D eigenvalue weighted by Gasteiger charge is 2.36. The highest BCUT2D eigenvalue weighted by atomic mass is 16.3. The molecule has 3 aliphatic rings. The van der Waals surface area contributed by atoms with Gasteiger partial charge in [-0.2, -0.15) is 0 Å². The van der Waals surface area contributed by atoms with E-state index in [-0.39, 0.29) is 5.41 Å². The maximum Gasteiger partial charge on any atom is 0.162 e. The molecule has 13 aromatic rings. The van der Waals surface area contributed by atoms with Gasteiger partial charge in [-0.15, -0.1) is 0 Å². The molecule has 0 bridgehead atoms. The lowest BCUT2D eigenvalue weighted by Crippen LogP contribution is -2.24. The lowest BCUT2D eigenvalue weighted by atomic mass is 9.71. The first-order valence-electron chi connectivity index (χ1n) is 31.0. The SMILES string of the molecule is CC.CC1=CC=CCC1(C)c1cccc2c1oc1c(N(c3ccccc3C3=CCC(C)C=C3)c3c4ccccc4c(N(C4=C(c5ccccc5)CCC=C4)c4cccc5c4oc4c(-c6ccccc6C)cccc45)c4oc5ccccc5c34)cccc12. The number of anilines is 5. The molecule has 10 aromatic carbocycles. The van der Waals surface area contributed by atoms with Gasteiger partial charge >= 0.3 is 0 Å². The Hall–Kier alpha value is -10.1. The molecule has 0 saturated carbocycles. The van der Waals surface area contributed by atoms with Crippen LogP contribution in [0.4, 0.5) is 28.4 Å². The van der Waals surface area contributed by atoms with Gasteiger partial charge in [0.2, 0.25) is 0 Å². The monoisotopic (exact) mass is 1130 g/mol. The summed E-state index contributed by atoms with van der Waals surface area (Å²) >= 11 is 0. The third-order valence-corrected chi connectivity index (χ3v) is 18.6. The van der Waals surface area contributed by atoms with Crippen LogP contribution in [0.1, 0.15) is 82.6 Å².